The number of benzene rings is 1. The van der Waals surface area contributed by atoms with Crippen molar-refractivity contribution in [2.45, 2.75) is 19.4 Å². The molecule has 6 rings (SSSR count). The molecule has 1 amide bonds. The molecule has 0 bridgehead atoms. The van der Waals surface area contributed by atoms with Crippen LogP contribution in [0.25, 0.3) is 32.5 Å². The molecule has 0 unspecified atom stereocenters. The van der Waals surface area contributed by atoms with Crippen molar-refractivity contribution in [1.29, 1.82) is 0 Å². The van der Waals surface area contributed by atoms with E-state index in [9.17, 15) is 4.79 Å². The van der Waals surface area contributed by atoms with E-state index in [2.05, 4.69) is 37.4 Å². The third kappa shape index (κ3) is 4.37. The molecule has 4 aromatic rings. The van der Waals surface area contributed by atoms with Gasteiger partial charge in [0.05, 0.1) is 35.1 Å². The number of carbonyl (C=O) groups is 1. The zero-order valence-electron chi connectivity index (χ0n) is 19.8. The number of aromatic amines is 1. The van der Waals surface area contributed by atoms with E-state index in [1.807, 2.05) is 18.3 Å². The molecule has 0 radical (unpaired) electrons. The molecular weight excluding hydrogens is 462 g/mol. The predicted molar refractivity (Wildman–Crippen MR) is 138 cm³/mol. The normalized spacial score (nSPS) is 17.9. The van der Waals surface area contributed by atoms with Gasteiger partial charge in [-0.15, -0.1) is 11.3 Å². The van der Waals surface area contributed by atoms with Gasteiger partial charge >= 0.3 is 0 Å². The Morgan fingerprint density at radius 1 is 1.20 bits per heavy atom. The Balaban J connectivity index is 1.34. The van der Waals surface area contributed by atoms with E-state index in [0.29, 0.717) is 13.2 Å². The molecule has 2 N–H and O–H groups in total. The first-order chi connectivity index (χ1) is 17.2. The summed E-state index contributed by atoms with van der Waals surface area (Å²) in [6, 6.07) is 8.31. The summed E-state index contributed by atoms with van der Waals surface area (Å²) in [6.07, 6.45) is 3.65. The van der Waals surface area contributed by atoms with Gasteiger partial charge in [0.2, 0.25) is 5.91 Å². The smallest absolute Gasteiger partial charge is 0.222 e. The summed E-state index contributed by atoms with van der Waals surface area (Å²) in [5.41, 5.74) is 2.94. The molecule has 0 spiro atoms. The lowest BCUT2D eigenvalue weighted by molar-refractivity contribution is -0.125. The number of anilines is 1. The van der Waals surface area contributed by atoms with Crippen LogP contribution in [-0.4, -0.2) is 77.4 Å². The van der Waals surface area contributed by atoms with Crippen LogP contribution < -0.4 is 10.2 Å². The minimum absolute atomic E-state index is 0.130. The van der Waals surface area contributed by atoms with Gasteiger partial charge in [0.1, 0.15) is 0 Å². The molecule has 10 heteroatoms. The van der Waals surface area contributed by atoms with E-state index in [-0.39, 0.29) is 11.8 Å². The summed E-state index contributed by atoms with van der Waals surface area (Å²) < 4.78 is 6.74. The number of rotatable bonds is 5. The lowest BCUT2D eigenvalue weighted by Gasteiger charge is -2.30. The lowest BCUT2D eigenvalue weighted by atomic mass is 9.96. The zero-order valence-corrected chi connectivity index (χ0v) is 20.6. The zero-order chi connectivity index (χ0) is 23.8. The number of morpholine rings is 1. The van der Waals surface area contributed by atoms with E-state index in [4.69, 9.17) is 14.7 Å². The minimum Gasteiger partial charge on any atom is -0.378 e. The second kappa shape index (κ2) is 9.52. The Morgan fingerprint density at radius 2 is 2.03 bits per heavy atom. The average Bonchev–Trinajstić information content (AvgIpc) is 3.55. The van der Waals surface area contributed by atoms with Gasteiger partial charge in [-0.1, -0.05) is 12.1 Å². The van der Waals surface area contributed by atoms with Crippen molar-refractivity contribution in [3.63, 3.8) is 0 Å². The molecule has 0 aliphatic carbocycles. The molecule has 2 aliphatic heterocycles. The monoisotopic (exact) mass is 491 g/mol. The van der Waals surface area contributed by atoms with Crippen molar-refractivity contribution < 1.29 is 9.53 Å². The summed E-state index contributed by atoms with van der Waals surface area (Å²) in [4.78, 5) is 28.1. The van der Waals surface area contributed by atoms with E-state index >= 15 is 0 Å². The average molecular weight is 492 g/mol. The molecule has 0 saturated carbocycles. The molecule has 2 saturated heterocycles. The van der Waals surface area contributed by atoms with Gasteiger partial charge in [0.15, 0.2) is 11.6 Å². The van der Waals surface area contributed by atoms with Crippen LogP contribution in [0.15, 0.2) is 30.5 Å². The number of nitrogens with one attached hydrogen (secondary N) is 2. The Bertz CT molecular complexity index is 1350. The Morgan fingerprint density at radius 3 is 2.83 bits per heavy atom. The molecule has 9 nitrogen and oxygen atoms in total. The summed E-state index contributed by atoms with van der Waals surface area (Å²) >= 11 is 1.79. The summed E-state index contributed by atoms with van der Waals surface area (Å²) in [5.74, 6) is 2.01. The number of thiophene rings is 1. The highest BCUT2D eigenvalue weighted by Gasteiger charge is 2.25. The number of fused-ring (bicyclic) bond motifs is 2. The molecule has 1 aromatic carbocycles. The summed E-state index contributed by atoms with van der Waals surface area (Å²) in [5, 5.41) is 11.1. The SMILES string of the molecule is CNC(=O)C1CCN(Cc2cc3nc(-c4cccc5[nH]ncc45)nc(N4CCOCC4)c3s2)CC1. The highest BCUT2D eigenvalue weighted by molar-refractivity contribution is 7.19. The summed E-state index contributed by atoms with van der Waals surface area (Å²) in [6.45, 7) is 5.79. The van der Waals surface area contributed by atoms with Crippen LogP contribution in [0, 0.1) is 5.92 Å². The van der Waals surface area contributed by atoms with Crippen molar-refractivity contribution in [3.8, 4) is 11.4 Å². The van der Waals surface area contributed by atoms with Crippen LogP contribution in [0.2, 0.25) is 0 Å². The predicted octanol–water partition coefficient (Wildman–Crippen LogP) is 3.03. The van der Waals surface area contributed by atoms with Crippen molar-refractivity contribution in [3.05, 3.63) is 35.3 Å². The van der Waals surface area contributed by atoms with E-state index in [0.717, 1.165) is 83.9 Å². The second-order valence-electron chi connectivity index (χ2n) is 9.20. The van der Waals surface area contributed by atoms with Crippen molar-refractivity contribution >= 4 is 44.2 Å². The van der Waals surface area contributed by atoms with Gasteiger partial charge in [-0.2, -0.15) is 5.10 Å². The number of nitrogens with zero attached hydrogens (tertiary/aromatic N) is 5. The fraction of sp³-hybridized carbons (Fsp3) is 0.440. The number of H-pyrrole nitrogens is 1. The van der Waals surface area contributed by atoms with E-state index < -0.39 is 0 Å². The maximum Gasteiger partial charge on any atom is 0.222 e. The van der Waals surface area contributed by atoms with Crippen LogP contribution in [-0.2, 0) is 16.1 Å². The number of likely N-dealkylation sites (tertiary alicyclic amines) is 1. The third-order valence-corrected chi connectivity index (χ3v) is 8.13. The van der Waals surface area contributed by atoms with Crippen LogP contribution in [0.1, 0.15) is 17.7 Å². The number of carbonyl (C=O) groups excluding carboxylic acids is 1. The van der Waals surface area contributed by atoms with Crippen LogP contribution >= 0.6 is 11.3 Å². The number of hydrogen-bond donors (Lipinski definition) is 2. The number of ether oxygens (including phenoxy) is 1. The molecule has 5 heterocycles. The number of amides is 1. The van der Waals surface area contributed by atoms with E-state index in [1.165, 1.54) is 4.88 Å². The first-order valence-electron chi connectivity index (χ1n) is 12.2. The van der Waals surface area contributed by atoms with Crippen molar-refractivity contribution in [2.75, 3.05) is 51.3 Å². The van der Waals surface area contributed by atoms with Crippen molar-refractivity contribution in [1.82, 2.24) is 30.4 Å². The van der Waals surface area contributed by atoms with Gasteiger partial charge in [0, 0.05) is 48.4 Å². The highest BCUT2D eigenvalue weighted by atomic mass is 32.1. The fourth-order valence-electron chi connectivity index (χ4n) is 5.09. The molecule has 3 aromatic heterocycles. The van der Waals surface area contributed by atoms with Crippen LogP contribution in [0.3, 0.4) is 0 Å². The highest BCUT2D eigenvalue weighted by Crippen LogP contribution is 2.36. The lowest BCUT2D eigenvalue weighted by Crippen LogP contribution is -2.39. The molecule has 35 heavy (non-hydrogen) atoms. The van der Waals surface area contributed by atoms with Gasteiger partial charge in [-0.3, -0.25) is 14.8 Å². The summed E-state index contributed by atoms with van der Waals surface area (Å²) in [7, 11) is 1.72. The third-order valence-electron chi connectivity index (χ3n) is 7.03. The van der Waals surface area contributed by atoms with Gasteiger partial charge in [0.25, 0.3) is 0 Å². The maximum absolute atomic E-state index is 12.0. The van der Waals surface area contributed by atoms with Gasteiger partial charge < -0.3 is 15.0 Å². The minimum atomic E-state index is 0.130. The van der Waals surface area contributed by atoms with Crippen LogP contribution in [0.5, 0.6) is 0 Å². The molecular formula is C25H29N7O2S. The number of hydrogen-bond acceptors (Lipinski definition) is 8. The Hall–Kier alpha value is -3.08. The number of aromatic nitrogens is 4. The van der Waals surface area contributed by atoms with Crippen LogP contribution in [0.4, 0.5) is 5.82 Å². The Kier molecular flexibility index (Phi) is 6.09. The number of piperidine rings is 1. The van der Waals surface area contributed by atoms with Gasteiger partial charge in [-0.05, 0) is 38.1 Å². The molecule has 0 atom stereocenters. The van der Waals surface area contributed by atoms with Gasteiger partial charge in [-0.25, -0.2) is 9.97 Å². The maximum atomic E-state index is 12.0. The van der Waals surface area contributed by atoms with E-state index in [1.54, 1.807) is 18.4 Å². The topological polar surface area (TPSA) is 99.3 Å². The Labute approximate surface area is 207 Å². The molecule has 2 aliphatic rings. The largest absolute Gasteiger partial charge is 0.378 e. The first-order valence-corrected chi connectivity index (χ1v) is 13.0. The quantitative estimate of drug-likeness (QED) is 0.443. The molecule has 182 valence electrons. The first kappa shape index (κ1) is 22.4. The van der Waals surface area contributed by atoms with Crippen molar-refractivity contribution in [2.24, 2.45) is 5.92 Å². The molecule has 2 fully saturated rings. The fourth-order valence-corrected chi connectivity index (χ4v) is 6.25. The second-order valence-corrected chi connectivity index (χ2v) is 10.3. The standard InChI is InChI=1S/C25H29N7O2S/c1-26-25(33)16-5-7-31(8-6-16)15-17-13-21-22(35-17)24(32-9-11-34-12-10-32)29-23(28-21)18-3-2-4-20-19(18)14-27-30-20/h2-4,13-14,16H,5-12,15H2,1H3,(H,26,33)(H,27,30).